The highest BCUT2D eigenvalue weighted by Gasteiger charge is 2.20. The molecule has 2 aromatic rings. The van der Waals surface area contributed by atoms with Crippen LogP contribution < -0.4 is 11.0 Å². The largest absolute Gasteiger partial charge is 0.373 e. The third-order valence-electron chi connectivity index (χ3n) is 2.52. The van der Waals surface area contributed by atoms with Crippen molar-refractivity contribution in [2.75, 3.05) is 12.4 Å². The monoisotopic (exact) mass is 296 g/mol. The van der Waals surface area contributed by atoms with E-state index < -0.39 is 4.92 Å². The molecule has 0 spiro atoms. The molecule has 10 heteroatoms. The summed E-state index contributed by atoms with van der Waals surface area (Å²) < 4.78 is 1.38. The van der Waals surface area contributed by atoms with Crippen molar-refractivity contribution in [1.29, 1.82) is 0 Å². The van der Waals surface area contributed by atoms with Crippen LogP contribution >= 0.6 is 11.8 Å². The topological polar surface area (TPSA) is 119 Å². The number of anilines is 1. The predicted octanol–water partition coefficient (Wildman–Crippen LogP) is 1.09. The van der Waals surface area contributed by atoms with Gasteiger partial charge in [0, 0.05) is 19.7 Å². The van der Waals surface area contributed by atoms with Crippen molar-refractivity contribution in [1.82, 2.24) is 19.7 Å². The normalized spacial score (nSPS) is 10.5. The van der Waals surface area contributed by atoms with Crippen molar-refractivity contribution in [3.05, 3.63) is 32.7 Å². The van der Waals surface area contributed by atoms with Gasteiger partial charge in [0.15, 0.2) is 10.2 Å². The summed E-state index contributed by atoms with van der Waals surface area (Å²) in [6.45, 7) is 2.20. The second-order valence-electron chi connectivity index (χ2n) is 3.69. The van der Waals surface area contributed by atoms with Crippen molar-refractivity contribution >= 4 is 23.3 Å². The van der Waals surface area contributed by atoms with Crippen LogP contribution in [0, 0.1) is 10.1 Å². The Labute approximate surface area is 117 Å². The second-order valence-corrected chi connectivity index (χ2v) is 4.64. The quantitative estimate of drug-likeness (QED) is 0.626. The molecule has 0 aromatic carbocycles. The van der Waals surface area contributed by atoms with Gasteiger partial charge in [0.1, 0.15) is 5.82 Å². The van der Waals surface area contributed by atoms with Crippen LogP contribution in [0.25, 0.3) is 0 Å². The first-order valence-corrected chi connectivity index (χ1v) is 6.54. The molecular weight excluding hydrogens is 284 g/mol. The SMILES string of the molecule is CCn1c(Sc2nc(NC)ccc2[N+](=O)[O-])n[nH]c1=O. The predicted molar refractivity (Wildman–Crippen MR) is 73.1 cm³/mol. The third-order valence-corrected chi connectivity index (χ3v) is 3.51. The number of rotatable bonds is 5. The summed E-state index contributed by atoms with van der Waals surface area (Å²) in [5, 5.41) is 20.5. The van der Waals surface area contributed by atoms with Crippen molar-refractivity contribution in [2.24, 2.45) is 0 Å². The first kappa shape index (κ1) is 14.1. The van der Waals surface area contributed by atoms with E-state index in [1.165, 1.54) is 16.7 Å². The van der Waals surface area contributed by atoms with E-state index in [-0.39, 0.29) is 16.4 Å². The van der Waals surface area contributed by atoms with E-state index in [0.717, 1.165) is 11.8 Å². The maximum absolute atomic E-state index is 11.5. The van der Waals surface area contributed by atoms with E-state index in [9.17, 15) is 14.9 Å². The van der Waals surface area contributed by atoms with Gasteiger partial charge in [-0.3, -0.25) is 14.7 Å². The van der Waals surface area contributed by atoms with E-state index in [1.54, 1.807) is 14.0 Å². The summed E-state index contributed by atoms with van der Waals surface area (Å²) in [4.78, 5) is 26.1. The molecule has 106 valence electrons. The van der Waals surface area contributed by atoms with Gasteiger partial charge < -0.3 is 5.32 Å². The summed E-state index contributed by atoms with van der Waals surface area (Å²) in [5.41, 5.74) is -0.491. The minimum absolute atomic E-state index is 0.132. The Morgan fingerprint density at radius 3 is 2.90 bits per heavy atom. The van der Waals surface area contributed by atoms with Crippen LogP contribution in [-0.2, 0) is 6.54 Å². The minimum Gasteiger partial charge on any atom is -0.373 e. The van der Waals surface area contributed by atoms with Crippen molar-refractivity contribution in [3.8, 4) is 0 Å². The number of aromatic amines is 1. The molecule has 0 amide bonds. The Kier molecular flexibility index (Phi) is 4.03. The van der Waals surface area contributed by atoms with Crippen molar-refractivity contribution in [2.45, 2.75) is 23.7 Å². The van der Waals surface area contributed by atoms with Crippen LogP contribution in [0.15, 0.2) is 27.1 Å². The number of hydrogen-bond acceptors (Lipinski definition) is 7. The second kappa shape index (κ2) is 5.74. The van der Waals surface area contributed by atoms with E-state index >= 15 is 0 Å². The van der Waals surface area contributed by atoms with Gasteiger partial charge in [0.2, 0.25) is 0 Å². The zero-order chi connectivity index (χ0) is 14.7. The highest BCUT2D eigenvalue weighted by Crippen LogP contribution is 2.32. The maximum atomic E-state index is 11.5. The number of H-pyrrole nitrogens is 1. The average molecular weight is 296 g/mol. The molecule has 0 radical (unpaired) electrons. The number of pyridine rings is 1. The van der Waals surface area contributed by atoms with Crippen LogP contribution in [0.4, 0.5) is 11.5 Å². The van der Waals surface area contributed by atoms with Gasteiger partial charge in [-0.2, -0.15) is 0 Å². The van der Waals surface area contributed by atoms with Gasteiger partial charge in [-0.05, 0) is 24.8 Å². The fraction of sp³-hybridized carbons (Fsp3) is 0.300. The summed E-state index contributed by atoms with van der Waals surface area (Å²) in [5.74, 6) is 0.499. The molecule has 9 nitrogen and oxygen atoms in total. The van der Waals surface area contributed by atoms with Gasteiger partial charge in [-0.15, -0.1) is 5.10 Å². The molecule has 2 rings (SSSR count). The number of aromatic nitrogens is 4. The smallest absolute Gasteiger partial charge is 0.343 e. The van der Waals surface area contributed by atoms with Crippen LogP contribution in [0.1, 0.15) is 6.92 Å². The van der Waals surface area contributed by atoms with Gasteiger partial charge >= 0.3 is 11.4 Å². The lowest BCUT2D eigenvalue weighted by atomic mass is 10.4. The first-order chi connectivity index (χ1) is 9.56. The maximum Gasteiger partial charge on any atom is 0.343 e. The van der Waals surface area contributed by atoms with E-state index in [0.29, 0.717) is 17.5 Å². The lowest BCUT2D eigenvalue weighted by Gasteiger charge is -2.05. The van der Waals surface area contributed by atoms with Crippen LogP contribution in [-0.4, -0.2) is 31.7 Å². The lowest BCUT2D eigenvalue weighted by Crippen LogP contribution is -2.16. The fourth-order valence-corrected chi connectivity index (χ4v) is 2.51. The van der Waals surface area contributed by atoms with Gasteiger partial charge in [0.25, 0.3) is 0 Å². The Balaban J connectivity index is 2.45. The minimum atomic E-state index is -0.518. The third kappa shape index (κ3) is 2.64. The van der Waals surface area contributed by atoms with E-state index in [2.05, 4.69) is 20.5 Å². The number of hydrogen-bond donors (Lipinski definition) is 2. The lowest BCUT2D eigenvalue weighted by molar-refractivity contribution is -0.388. The Morgan fingerprint density at radius 2 is 2.30 bits per heavy atom. The summed E-state index contributed by atoms with van der Waals surface area (Å²) >= 11 is 0.972. The molecular formula is C10H12N6O3S. The number of nitrogens with zero attached hydrogens (tertiary/aromatic N) is 4. The Hall–Kier alpha value is -2.36. The molecule has 0 atom stereocenters. The van der Waals surface area contributed by atoms with E-state index in [4.69, 9.17) is 0 Å². The molecule has 0 fully saturated rings. The summed E-state index contributed by atoms with van der Waals surface area (Å²) in [6.07, 6.45) is 0. The molecule has 0 bridgehead atoms. The highest BCUT2D eigenvalue weighted by molar-refractivity contribution is 7.99. The van der Waals surface area contributed by atoms with Gasteiger partial charge in [0.05, 0.1) is 4.92 Å². The standard InChI is InChI=1S/C10H12N6O3S/c1-3-15-9(17)13-14-10(15)20-8-6(16(18)19)4-5-7(11-2)12-8/h4-5H,3H2,1-2H3,(H,11,12)(H,13,17). The first-order valence-electron chi connectivity index (χ1n) is 5.73. The molecule has 2 N–H and O–H groups in total. The molecule has 2 aromatic heterocycles. The molecule has 0 saturated heterocycles. The molecule has 0 aliphatic rings. The van der Waals surface area contributed by atoms with Crippen LogP contribution in [0.2, 0.25) is 0 Å². The molecule has 0 saturated carbocycles. The molecule has 0 unspecified atom stereocenters. The van der Waals surface area contributed by atoms with Gasteiger partial charge in [-0.25, -0.2) is 14.9 Å². The molecule has 20 heavy (non-hydrogen) atoms. The molecule has 0 aliphatic carbocycles. The van der Waals surface area contributed by atoms with E-state index in [1.807, 2.05) is 0 Å². The van der Waals surface area contributed by atoms with Crippen LogP contribution in [0.5, 0.6) is 0 Å². The summed E-state index contributed by atoms with van der Waals surface area (Å²) in [7, 11) is 1.67. The zero-order valence-corrected chi connectivity index (χ0v) is 11.6. The molecule has 2 heterocycles. The molecule has 0 aliphatic heterocycles. The fourth-order valence-electron chi connectivity index (χ4n) is 1.53. The average Bonchev–Trinajstić information content (AvgIpc) is 2.78. The highest BCUT2D eigenvalue weighted by atomic mass is 32.2. The van der Waals surface area contributed by atoms with Crippen molar-refractivity contribution < 1.29 is 4.92 Å². The van der Waals surface area contributed by atoms with Crippen molar-refractivity contribution in [3.63, 3.8) is 0 Å². The number of nitro groups is 1. The van der Waals surface area contributed by atoms with Crippen LogP contribution in [0.3, 0.4) is 0 Å². The summed E-state index contributed by atoms with van der Waals surface area (Å²) in [6, 6.07) is 2.88. The zero-order valence-electron chi connectivity index (χ0n) is 10.8. The Morgan fingerprint density at radius 1 is 1.55 bits per heavy atom. The number of nitrogens with one attached hydrogen (secondary N) is 2. The Bertz CT molecular complexity index is 695. The van der Waals surface area contributed by atoms with Gasteiger partial charge in [-0.1, -0.05) is 0 Å².